The molecule has 14 heavy (non-hydrogen) atoms. The van der Waals surface area contributed by atoms with Gasteiger partial charge in [-0.3, -0.25) is 0 Å². The molecule has 2 rings (SSSR count). The lowest BCUT2D eigenvalue weighted by Crippen LogP contribution is -2.16. The summed E-state index contributed by atoms with van der Waals surface area (Å²) in [6.07, 6.45) is 2.28. The van der Waals surface area contributed by atoms with Gasteiger partial charge < -0.3 is 5.32 Å². The summed E-state index contributed by atoms with van der Waals surface area (Å²) < 4.78 is 0. The predicted octanol–water partition coefficient (Wildman–Crippen LogP) is 2.57. The molecule has 72 valence electrons. The highest BCUT2D eigenvalue weighted by Crippen LogP contribution is 2.37. The number of halogens is 1. The largest absolute Gasteiger partial charge is 0.365 e. The van der Waals surface area contributed by atoms with E-state index < -0.39 is 0 Å². The number of hydrogen-bond acceptors (Lipinski definition) is 3. The first-order valence-electron chi connectivity index (χ1n) is 4.47. The summed E-state index contributed by atoms with van der Waals surface area (Å²) >= 11 is 5.78. The molecule has 1 N–H and O–H groups in total. The Morgan fingerprint density at radius 3 is 2.86 bits per heavy atom. The van der Waals surface area contributed by atoms with Gasteiger partial charge in [0.05, 0.1) is 11.6 Å². The minimum atomic E-state index is 0.157. The van der Waals surface area contributed by atoms with Crippen molar-refractivity contribution in [1.82, 2.24) is 4.98 Å². The molecule has 0 amide bonds. The molecule has 1 fully saturated rings. The normalized spacial score (nSPS) is 17.2. The number of nitriles is 1. The summed E-state index contributed by atoms with van der Waals surface area (Å²) in [5.41, 5.74) is 0.696. The molecule has 0 atom stereocenters. The van der Waals surface area contributed by atoms with Crippen LogP contribution >= 0.6 is 11.6 Å². The van der Waals surface area contributed by atoms with Gasteiger partial charge in [0.1, 0.15) is 11.0 Å². The Balaban J connectivity index is 2.25. The summed E-state index contributed by atoms with van der Waals surface area (Å²) in [5, 5.41) is 12.4. The molecule has 0 aliphatic heterocycles. The molecule has 0 unspecified atom stereocenters. The monoisotopic (exact) mass is 207 g/mol. The Hall–Kier alpha value is -1.27. The average Bonchev–Trinajstić information content (AvgIpc) is 2.82. The molecule has 1 aromatic rings. The SMILES string of the molecule is CC1(Nc2cc(C#N)cc(Cl)n2)CC1. The smallest absolute Gasteiger partial charge is 0.132 e. The van der Waals surface area contributed by atoms with E-state index in [9.17, 15) is 0 Å². The van der Waals surface area contributed by atoms with E-state index in [1.807, 2.05) is 6.07 Å². The highest BCUT2D eigenvalue weighted by molar-refractivity contribution is 6.29. The predicted molar refractivity (Wildman–Crippen MR) is 55.2 cm³/mol. The van der Waals surface area contributed by atoms with Gasteiger partial charge in [0.15, 0.2) is 0 Å². The van der Waals surface area contributed by atoms with Crippen LogP contribution in [-0.2, 0) is 0 Å². The molecule has 0 bridgehead atoms. The first kappa shape index (κ1) is 9.29. The van der Waals surface area contributed by atoms with Crippen molar-refractivity contribution in [2.75, 3.05) is 5.32 Å². The quantitative estimate of drug-likeness (QED) is 0.759. The van der Waals surface area contributed by atoms with Gasteiger partial charge >= 0.3 is 0 Å². The van der Waals surface area contributed by atoms with Crippen LogP contribution in [0.4, 0.5) is 5.82 Å². The van der Waals surface area contributed by atoms with Crippen molar-refractivity contribution in [3.8, 4) is 6.07 Å². The molecule has 0 radical (unpaired) electrons. The van der Waals surface area contributed by atoms with E-state index in [0.29, 0.717) is 16.5 Å². The molecule has 1 aromatic heterocycles. The minimum absolute atomic E-state index is 0.157. The number of rotatable bonds is 2. The zero-order valence-corrected chi connectivity index (χ0v) is 8.60. The fraction of sp³-hybridized carbons (Fsp3) is 0.400. The number of nitrogens with one attached hydrogen (secondary N) is 1. The highest BCUT2D eigenvalue weighted by Gasteiger charge is 2.37. The lowest BCUT2D eigenvalue weighted by Gasteiger charge is -2.12. The number of aromatic nitrogens is 1. The molecule has 0 aromatic carbocycles. The van der Waals surface area contributed by atoms with Crippen molar-refractivity contribution >= 4 is 17.4 Å². The molecule has 0 spiro atoms. The van der Waals surface area contributed by atoms with Crippen molar-refractivity contribution in [2.45, 2.75) is 25.3 Å². The van der Waals surface area contributed by atoms with E-state index in [1.54, 1.807) is 12.1 Å². The average molecular weight is 208 g/mol. The number of anilines is 1. The lowest BCUT2D eigenvalue weighted by atomic mass is 10.2. The first-order chi connectivity index (χ1) is 6.61. The van der Waals surface area contributed by atoms with Gasteiger partial charge in [0, 0.05) is 5.54 Å². The lowest BCUT2D eigenvalue weighted by molar-refractivity contribution is 0.821. The third kappa shape index (κ3) is 1.97. The fourth-order valence-electron chi connectivity index (χ4n) is 1.25. The maximum absolute atomic E-state index is 8.74. The van der Waals surface area contributed by atoms with Crippen LogP contribution in [0.1, 0.15) is 25.3 Å². The van der Waals surface area contributed by atoms with Crippen LogP contribution in [0.25, 0.3) is 0 Å². The molecule has 4 heteroatoms. The van der Waals surface area contributed by atoms with E-state index in [0.717, 1.165) is 12.8 Å². The molecule has 1 saturated carbocycles. The van der Waals surface area contributed by atoms with E-state index in [1.165, 1.54) is 0 Å². The standard InChI is InChI=1S/C10H10ClN3/c1-10(2-3-10)14-9-5-7(6-12)4-8(11)13-9/h4-5H,2-3H2,1H3,(H,13,14). The summed E-state index contributed by atoms with van der Waals surface area (Å²) in [6.45, 7) is 2.13. The van der Waals surface area contributed by atoms with E-state index in [-0.39, 0.29) is 5.54 Å². The third-order valence-electron chi connectivity index (χ3n) is 2.35. The van der Waals surface area contributed by atoms with Crippen molar-refractivity contribution in [3.05, 3.63) is 22.8 Å². The summed E-state index contributed by atoms with van der Waals surface area (Å²) in [4.78, 5) is 4.11. The Labute approximate surface area is 87.7 Å². The fourth-order valence-corrected chi connectivity index (χ4v) is 1.46. The zero-order valence-electron chi connectivity index (χ0n) is 7.84. The minimum Gasteiger partial charge on any atom is -0.365 e. The van der Waals surface area contributed by atoms with Gasteiger partial charge in [0.2, 0.25) is 0 Å². The van der Waals surface area contributed by atoms with Crippen LogP contribution in [0, 0.1) is 11.3 Å². The Bertz CT molecular complexity index is 404. The molecule has 1 heterocycles. The van der Waals surface area contributed by atoms with Crippen LogP contribution in [0.2, 0.25) is 5.15 Å². The molecular weight excluding hydrogens is 198 g/mol. The Morgan fingerprint density at radius 1 is 1.57 bits per heavy atom. The van der Waals surface area contributed by atoms with Gasteiger partial charge in [-0.2, -0.15) is 5.26 Å². The number of hydrogen-bond donors (Lipinski definition) is 1. The van der Waals surface area contributed by atoms with Crippen LogP contribution in [0.3, 0.4) is 0 Å². The van der Waals surface area contributed by atoms with E-state index in [4.69, 9.17) is 16.9 Å². The van der Waals surface area contributed by atoms with Crippen LogP contribution < -0.4 is 5.32 Å². The molecule has 1 aliphatic rings. The topological polar surface area (TPSA) is 48.7 Å². The Kier molecular flexibility index (Phi) is 2.09. The first-order valence-corrected chi connectivity index (χ1v) is 4.85. The van der Waals surface area contributed by atoms with Crippen LogP contribution in [0.5, 0.6) is 0 Å². The van der Waals surface area contributed by atoms with Gasteiger partial charge in [0.25, 0.3) is 0 Å². The van der Waals surface area contributed by atoms with Crippen LogP contribution in [0.15, 0.2) is 12.1 Å². The highest BCUT2D eigenvalue weighted by atomic mass is 35.5. The summed E-state index contributed by atoms with van der Waals surface area (Å²) in [6, 6.07) is 5.33. The van der Waals surface area contributed by atoms with Crippen molar-refractivity contribution in [1.29, 1.82) is 5.26 Å². The van der Waals surface area contributed by atoms with Gasteiger partial charge in [-0.15, -0.1) is 0 Å². The zero-order chi connectivity index (χ0) is 10.2. The Morgan fingerprint density at radius 2 is 2.29 bits per heavy atom. The second-order valence-electron chi connectivity index (χ2n) is 3.86. The number of pyridine rings is 1. The summed E-state index contributed by atoms with van der Waals surface area (Å²) in [7, 11) is 0. The maximum atomic E-state index is 8.74. The molecule has 1 aliphatic carbocycles. The maximum Gasteiger partial charge on any atom is 0.132 e. The molecule has 3 nitrogen and oxygen atoms in total. The second-order valence-corrected chi connectivity index (χ2v) is 4.25. The van der Waals surface area contributed by atoms with Crippen molar-refractivity contribution in [2.24, 2.45) is 0 Å². The van der Waals surface area contributed by atoms with Gasteiger partial charge in [-0.1, -0.05) is 11.6 Å². The van der Waals surface area contributed by atoms with Crippen LogP contribution in [-0.4, -0.2) is 10.5 Å². The van der Waals surface area contributed by atoms with Crippen molar-refractivity contribution < 1.29 is 0 Å². The second kappa shape index (κ2) is 3.14. The van der Waals surface area contributed by atoms with Crippen molar-refractivity contribution in [3.63, 3.8) is 0 Å². The third-order valence-corrected chi connectivity index (χ3v) is 2.55. The number of nitrogens with zero attached hydrogens (tertiary/aromatic N) is 2. The van der Waals surface area contributed by atoms with E-state index >= 15 is 0 Å². The van der Waals surface area contributed by atoms with Gasteiger partial charge in [-0.25, -0.2) is 4.98 Å². The molecule has 0 saturated heterocycles. The van der Waals surface area contributed by atoms with E-state index in [2.05, 4.69) is 17.2 Å². The molecular formula is C10H10ClN3. The summed E-state index contributed by atoms with van der Waals surface area (Å²) in [5.74, 6) is 0.689. The van der Waals surface area contributed by atoms with Gasteiger partial charge in [-0.05, 0) is 31.9 Å².